The first-order valence-electron chi connectivity index (χ1n) is 6.68. The summed E-state index contributed by atoms with van der Waals surface area (Å²) in [7, 11) is 0. The summed E-state index contributed by atoms with van der Waals surface area (Å²) in [6.07, 6.45) is 2.18. The molecule has 0 saturated carbocycles. The Labute approximate surface area is 125 Å². The molecule has 1 aromatic carbocycles. The predicted octanol–water partition coefficient (Wildman–Crippen LogP) is 0.977. The van der Waals surface area contributed by atoms with Gasteiger partial charge in [0.15, 0.2) is 0 Å². The van der Waals surface area contributed by atoms with Crippen molar-refractivity contribution in [3.05, 3.63) is 42.0 Å². The smallest absolute Gasteiger partial charge is 0.335 e. The van der Waals surface area contributed by atoms with Crippen LogP contribution in [0.15, 0.2) is 36.4 Å². The number of hydrogen-bond donors (Lipinski definition) is 3. The van der Waals surface area contributed by atoms with Crippen LogP contribution in [0.2, 0.25) is 0 Å². The number of carbonyl (C=O) groups excluding carboxylic acids is 1. The van der Waals surface area contributed by atoms with Crippen molar-refractivity contribution in [2.75, 3.05) is 5.32 Å². The summed E-state index contributed by atoms with van der Waals surface area (Å²) in [4.78, 5) is 34.6. The van der Waals surface area contributed by atoms with E-state index >= 15 is 0 Å². The second-order valence-electron chi connectivity index (χ2n) is 5.22. The number of hydrogen-bond acceptors (Lipinski definition) is 4. The molecule has 0 aliphatic carbocycles. The average molecular weight is 303 g/mol. The molecule has 2 bridgehead atoms. The second kappa shape index (κ2) is 5.27. The van der Waals surface area contributed by atoms with Crippen molar-refractivity contribution in [2.45, 2.75) is 12.2 Å². The van der Waals surface area contributed by atoms with Crippen LogP contribution < -0.4 is 5.32 Å². The minimum absolute atomic E-state index is 0.0386. The van der Waals surface area contributed by atoms with E-state index in [4.69, 9.17) is 9.84 Å². The van der Waals surface area contributed by atoms with Gasteiger partial charge in [-0.05, 0) is 18.2 Å². The SMILES string of the molecule is O=C(O)c1cccc(NC(=O)[C@@H]2[C@@H](C(=O)O)[C@H]3C=C[C@H]2O3)c1. The van der Waals surface area contributed by atoms with Gasteiger partial charge in [-0.25, -0.2) is 4.79 Å². The Hall–Kier alpha value is -2.67. The van der Waals surface area contributed by atoms with Gasteiger partial charge in [0, 0.05) is 5.69 Å². The number of fused-ring (bicyclic) bond motifs is 2. The molecule has 0 aromatic heterocycles. The Kier molecular flexibility index (Phi) is 3.42. The lowest BCUT2D eigenvalue weighted by Gasteiger charge is -2.21. The summed E-state index contributed by atoms with van der Waals surface area (Å²) in [6, 6.07) is 5.77. The van der Waals surface area contributed by atoms with Crippen LogP contribution in [0, 0.1) is 11.8 Å². The number of ether oxygens (including phenoxy) is 1. The largest absolute Gasteiger partial charge is 0.481 e. The molecule has 3 rings (SSSR count). The third kappa shape index (κ3) is 2.35. The van der Waals surface area contributed by atoms with Crippen LogP contribution in [0.5, 0.6) is 0 Å². The fourth-order valence-electron chi connectivity index (χ4n) is 2.87. The summed E-state index contributed by atoms with van der Waals surface area (Å²) < 4.78 is 5.43. The molecule has 1 fully saturated rings. The minimum Gasteiger partial charge on any atom is -0.481 e. The summed E-state index contributed by atoms with van der Waals surface area (Å²) in [5, 5.41) is 20.8. The molecule has 7 nitrogen and oxygen atoms in total. The van der Waals surface area contributed by atoms with E-state index in [2.05, 4.69) is 5.32 Å². The van der Waals surface area contributed by atoms with Gasteiger partial charge < -0.3 is 20.3 Å². The number of rotatable bonds is 4. The number of benzene rings is 1. The molecule has 1 saturated heterocycles. The van der Waals surface area contributed by atoms with E-state index in [1.54, 1.807) is 18.2 Å². The van der Waals surface area contributed by atoms with Gasteiger partial charge in [0.1, 0.15) is 5.92 Å². The summed E-state index contributed by atoms with van der Waals surface area (Å²) in [5.41, 5.74) is 0.345. The van der Waals surface area contributed by atoms with E-state index in [9.17, 15) is 19.5 Å². The Morgan fingerprint density at radius 2 is 1.73 bits per heavy atom. The number of anilines is 1. The van der Waals surface area contributed by atoms with Crippen LogP contribution in [-0.4, -0.2) is 40.3 Å². The highest BCUT2D eigenvalue weighted by Gasteiger charge is 2.53. The topological polar surface area (TPSA) is 113 Å². The van der Waals surface area contributed by atoms with Crippen molar-refractivity contribution >= 4 is 23.5 Å². The summed E-state index contributed by atoms with van der Waals surface area (Å²) >= 11 is 0. The van der Waals surface area contributed by atoms with Crippen molar-refractivity contribution in [1.29, 1.82) is 0 Å². The van der Waals surface area contributed by atoms with Crippen molar-refractivity contribution < 1.29 is 29.3 Å². The predicted molar refractivity (Wildman–Crippen MR) is 74.4 cm³/mol. The minimum atomic E-state index is -1.11. The molecule has 4 atom stereocenters. The first-order chi connectivity index (χ1) is 10.5. The highest BCUT2D eigenvalue weighted by molar-refractivity contribution is 5.98. The zero-order valence-corrected chi connectivity index (χ0v) is 11.3. The Morgan fingerprint density at radius 1 is 1.05 bits per heavy atom. The number of nitrogens with one attached hydrogen (secondary N) is 1. The van der Waals surface area contributed by atoms with Crippen molar-refractivity contribution in [3.63, 3.8) is 0 Å². The molecule has 0 unspecified atom stereocenters. The number of aromatic carboxylic acids is 1. The van der Waals surface area contributed by atoms with E-state index < -0.39 is 41.9 Å². The van der Waals surface area contributed by atoms with E-state index in [0.29, 0.717) is 5.69 Å². The maximum absolute atomic E-state index is 12.4. The van der Waals surface area contributed by atoms with E-state index in [0.717, 1.165) is 0 Å². The summed E-state index contributed by atoms with van der Waals surface area (Å²) in [5.74, 6) is -4.45. The van der Waals surface area contributed by atoms with Crippen LogP contribution in [-0.2, 0) is 14.3 Å². The van der Waals surface area contributed by atoms with Gasteiger partial charge in [-0.2, -0.15) is 0 Å². The molecule has 7 heteroatoms. The fourth-order valence-corrected chi connectivity index (χ4v) is 2.87. The number of carboxylic acid groups (broad SMARTS) is 2. The standard InChI is InChI=1S/C15H13NO6/c17-13(16-8-3-1-2-7(6-8)14(18)19)11-9-4-5-10(22-9)12(11)15(20)21/h1-6,9-12H,(H,16,17)(H,18,19)(H,20,21)/t9-,10-,11+,12+/m1/s1. The van der Waals surface area contributed by atoms with Gasteiger partial charge in [-0.1, -0.05) is 18.2 Å². The third-order valence-electron chi connectivity index (χ3n) is 3.86. The van der Waals surface area contributed by atoms with Gasteiger partial charge in [-0.15, -0.1) is 0 Å². The number of aliphatic carboxylic acids is 1. The number of amides is 1. The Morgan fingerprint density at radius 3 is 2.36 bits per heavy atom. The molecule has 2 aliphatic heterocycles. The molecule has 0 spiro atoms. The molecular formula is C15H13NO6. The van der Waals surface area contributed by atoms with Gasteiger partial charge in [-0.3, -0.25) is 9.59 Å². The normalized spacial score (nSPS) is 28.5. The van der Waals surface area contributed by atoms with Crippen LogP contribution in [0.3, 0.4) is 0 Å². The molecule has 22 heavy (non-hydrogen) atoms. The zero-order chi connectivity index (χ0) is 15.9. The third-order valence-corrected chi connectivity index (χ3v) is 3.86. The molecule has 0 radical (unpaired) electrons. The highest BCUT2D eigenvalue weighted by atomic mass is 16.5. The first-order valence-corrected chi connectivity index (χ1v) is 6.68. The average Bonchev–Trinajstić information content (AvgIpc) is 3.07. The highest BCUT2D eigenvalue weighted by Crippen LogP contribution is 2.39. The van der Waals surface area contributed by atoms with Crippen LogP contribution in [0.4, 0.5) is 5.69 Å². The Balaban J connectivity index is 1.80. The lowest BCUT2D eigenvalue weighted by Crippen LogP contribution is -2.39. The summed E-state index contributed by atoms with van der Waals surface area (Å²) in [6.45, 7) is 0. The molecule has 114 valence electrons. The molecule has 3 N–H and O–H groups in total. The maximum Gasteiger partial charge on any atom is 0.335 e. The molecular weight excluding hydrogens is 290 g/mol. The first kappa shape index (κ1) is 14.3. The van der Waals surface area contributed by atoms with Crippen LogP contribution >= 0.6 is 0 Å². The van der Waals surface area contributed by atoms with Crippen LogP contribution in [0.25, 0.3) is 0 Å². The van der Waals surface area contributed by atoms with Gasteiger partial charge in [0.25, 0.3) is 0 Å². The van der Waals surface area contributed by atoms with Gasteiger partial charge in [0.05, 0.1) is 23.7 Å². The fraction of sp³-hybridized carbons (Fsp3) is 0.267. The molecule has 2 heterocycles. The molecule has 1 aromatic rings. The maximum atomic E-state index is 12.4. The second-order valence-corrected chi connectivity index (χ2v) is 5.22. The quantitative estimate of drug-likeness (QED) is 0.715. The molecule has 2 aliphatic rings. The molecule has 1 amide bonds. The number of carbonyl (C=O) groups is 3. The zero-order valence-electron chi connectivity index (χ0n) is 11.3. The van der Waals surface area contributed by atoms with E-state index in [1.807, 2.05) is 0 Å². The van der Waals surface area contributed by atoms with Crippen molar-refractivity contribution in [3.8, 4) is 0 Å². The van der Waals surface area contributed by atoms with Crippen molar-refractivity contribution in [2.24, 2.45) is 11.8 Å². The van der Waals surface area contributed by atoms with Gasteiger partial charge >= 0.3 is 11.9 Å². The monoisotopic (exact) mass is 303 g/mol. The van der Waals surface area contributed by atoms with Crippen molar-refractivity contribution in [1.82, 2.24) is 0 Å². The van der Waals surface area contributed by atoms with E-state index in [1.165, 1.54) is 18.2 Å². The number of carboxylic acids is 2. The lowest BCUT2D eigenvalue weighted by molar-refractivity contribution is -0.145. The lowest BCUT2D eigenvalue weighted by atomic mass is 9.82. The van der Waals surface area contributed by atoms with Gasteiger partial charge in [0.2, 0.25) is 5.91 Å². The van der Waals surface area contributed by atoms with Crippen LogP contribution in [0.1, 0.15) is 10.4 Å². The Bertz CT molecular complexity index is 682. The van der Waals surface area contributed by atoms with E-state index in [-0.39, 0.29) is 5.56 Å².